The smallest absolute Gasteiger partial charge is 0.231 e. The number of aromatic nitrogens is 1. The first-order chi connectivity index (χ1) is 5.84. The van der Waals surface area contributed by atoms with Crippen LogP contribution in [0.1, 0.15) is 5.56 Å². The molecule has 0 fully saturated rings. The number of nitrogens with zero attached hydrogens (tertiary/aromatic N) is 1. The van der Waals surface area contributed by atoms with Crippen LogP contribution in [-0.2, 0) is 6.18 Å². The van der Waals surface area contributed by atoms with Gasteiger partial charge in [-0.15, -0.1) is 0 Å². The minimum absolute atomic E-state index is 0.474. The van der Waals surface area contributed by atoms with Crippen LogP contribution in [0.3, 0.4) is 0 Å². The van der Waals surface area contributed by atoms with Gasteiger partial charge >= 0.3 is 6.18 Å². The monoisotopic (exact) mass is 248 g/mol. The fourth-order valence-corrected chi connectivity index (χ4v) is 1.32. The van der Waals surface area contributed by atoms with Gasteiger partial charge in [0.05, 0.1) is 15.6 Å². The molecule has 0 saturated carbocycles. The molecule has 0 unspecified atom stereocenters. The lowest BCUT2D eigenvalue weighted by Gasteiger charge is -2.10. The Hall–Kier alpha value is -0.190. The Morgan fingerprint density at radius 1 is 1.15 bits per heavy atom. The highest BCUT2D eigenvalue weighted by molar-refractivity contribution is 6.43. The Bertz CT molecular complexity index is 337. The van der Waals surface area contributed by atoms with Gasteiger partial charge in [0.1, 0.15) is 11.3 Å². The molecule has 0 aliphatic rings. The minimum atomic E-state index is -4.66. The summed E-state index contributed by atoms with van der Waals surface area (Å²) in [5.41, 5.74) is -1.21. The van der Waals surface area contributed by atoms with Gasteiger partial charge in [0.2, 0.25) is 0 Å². The van der Waals surface area contributed by atoms with Crippen molar-refractivity contribution in [1.82, 2.24) is 4.98 Å². The van der Waals surface area contributed by atoms with Crippen molar-refractivity contribution in [2.75, 3.05) is 0 Å². The molecule has 1 radical (unpaired) electrons. The van der Waals surface area contributed by atoms with Crippen LogP contribution in [0, 0.1) is 6.20 Å². The lowest BCUT2D eigenvalue weighted by atomic mass is 10.2. The maximum atomic E-state index is 12.2. The van der Waals surface area contributed by atoms with Gasteiger partial charge in [0.15, 0.2) is 0 Å². The fourth-order valence-electron chi connectivity index (χ4n) is 0.652. The van der Waals surface area contributed by atoms with E-state index in [-0.39, 0.29) is 0 Å². The van der Waals surface area contributed by atoms with Crippen molar-refractivity contribution in [3.8, 4) is 0 Å². The maximum Gasteiger partial charge on any atom is 0.419 e. The van der Waals surface area contributed by atoms with Gasteiger partial charge in [-0.2, -0.15) is 13.2 Å². The Labute approximate surface area is 86.4 Å². The fraction of sp³-hybridized carbons (Fsp3) is 0.167. The van der Waals surface area contributed by atoms with E-state index < -0.39 is 26.9 Å². The largest absolute Gasteiger partial charge is 0.419 e. The molecule has 13 heavy (non-hydrogen) atoms. The molecule has 0 aromatic carbocycles. The van der Waals surface area contributed by atoms with Gasteiger partial charge < -0.3 is 0 Å². The number of hydrogen-bond donors (Lipinski definition) is 0. The standard InChI is InChI=1S/C6Cl3F3N/c7-2-1-13-5(9)4(8)3(2)6(10,11)12. The normalized spacial score (nSPS) is 11.8. The third-order valence-corrected chi connectivity index (χ3v) is 2.17. The summed E-state index contributed by atoms with van der Waals surface area (Å²) in [4.78, 5) is 3.23. The van der Waals surface area contributed by atoms with Crippen LogP contribution in [0.2, 0.25) is 15.2 Å². The van der Waals surface area contributed by atoms with E-state index in [9.17, 15) is 13.2 Å². The van der Waals surface area contributed by atoms with Crippen LogP contribution in [0.25, 0.3) is 0 Å². The Kier molecular flexibility index (Phi) is 2.95. The molecular formula is C6Cl3F3N. The Balaban J connectivity index is 3.43. The Morgan fingerprint density at radius 3 is 2.08 bits per heavy atom. The van der Waals surface area contributed by atoms with Crippen LogP contribution in [0.15, 0.2) is 0 Å². The van der Waals surface area contributed by atoms with Crippen molar-refractivity contribution in [2.24, 2.45) is 0 Å². The lowest BCUT2D eigenvalue weighted by molar-refractivity contribution is -0.137. The molecule has 0 aliphatic carbocycles. The first-order valence-corrected chi connectivity index (χ1v) is 3.97. The van der Waals surface area contributed by atoms with Crippen LogP contribution in [0.5, 0.6) is 0 Å². The number of halogens is 6. The van der Waals surface area contributed by atoms with Gasteiger partial charge in [0.25, 0.3) is 0 Å². The third kappa shape index (κ3) is 2.18. The summed E-state index contributed by atoms with van der Waals surface area (Å²) < 4.78 is 36.6. The summed E-state index contributed by atoms with van der Waals surface area (Å²) in [6.07, 6.45) is -2.76. The highest BCUT2D eigenvalue weighted by Gasteiger charge is 2.37. The maximum absolute atomic E-state index is 12.2. The molecule has 0 bridgehead atoms. The predicted octanol–water partition coefficient (Wildman–Crippen LogP) is 3.86. The van der Waals surface area contributed by atoms with Crippen molar-refractivity contribution >= 4 is 34.8 Å². The van der Waals surface area contributed by atoms with E-state index >= 15 is 0 Å². The van der Waals surface area contributed by atoms with Crippen LogP contribution in [0.4, 0.5) is 13.2 Å². The molecular weight excluding hydrogens is 249 g/mol. The summed E-state index contributed by atoms with van der Waals surface area (Å²) >= 11 is 15.7. The van der Waals surface area contributed by atoms with Gasteiger partial charge in [-0.1, -0.05) is 34.8 Å². The molecule has 1 rings (SSSR count). The molecule has 1 nitrogen and oxygen atoms in total. The second-order valence-corrected chi connectivity index (χ2v) is 3.13. The predicted molar refractivity (Wildman–Crippen MR) is 43.1 cm³/mol. The van der Waals surface area contributed by atoms with E-state index in [4.69, 9.17) is 34.8 Å². The van der Waals surface area contributed by atoms with Crippen molar-refractivity contribution in [1.29, 1.82) is 0 Å². The van der Waals surface area contributed by atoms with Gasteiger partial charge in [-0.3, -0.25) is 0 Å². The molecule has 1 heterocycles. The molecule has 71 valence electrons. The zero-order chi connectivity index (χ0) is 10.2. The summed E-state index contributed by atoms with van der Waals surface area (Å²) in [5, 5.41) is -1.88. The van der Waals surface area contributed by atoms with E-state index in [1.165, 1.54) is 0 Å². The van der Waals surface area contributed by atoms with Crippen LogP contribution < -0.4 is 0 Å². The summed E-state index contributed by atoms with van der Waals surface area (Å²) in [6, 6.07) is 0. The van der Waals surface area contributed by atoms with Crippen LogP contribution in [-0.4, -0.2) is 4.98 Å². The van der Waals surface area contributed by atoms with Crippen molar-refractivity contribution in [2.45, 2.75) is 6.18 Å². The van der Waals surface area contributed by atoms with E-state index in [0.717, 1.165) is 0 Å². The number of alkyl halides is 3. The highest BCUT2D eigenvalue weighted by atomic mass is 35.5. The number of hydrogen-bond acceptors (Lipinski definition) is 1. The SMILES string of the molecule is FC(F)(F)c1c(Cl)[c]nc(Cl)c1Cl. The topological polar surface area (TPSA) is 12.9 Å². The molecule has 0 spiro atoms. The number of pyridine rings is 1. The molecule has 0 atom stereocenters. The van der Waals surface area contributed by atoms with Gasteiger partial charge in [-0.05, 0) is 0 Å². The molecule has 0 aliphatic heterocycles. The van der Waals surface area contributed by atoms with Gasteiger partial charge in [0, 0.05) is 0 Å². The summed E-state index contributed by atoms with van der Waals surface area (Å²) in [7, 11) is 0. The highest BCUT2D eigenvalue weighted by Crippen LogP contribution is 2.41. The summed E-state index contributed by atoms with van der Waals surface area (Å²) in [6.45, 7) is 0. The van der Waals surface area contributed by atoms with Crippen molar-refractivity contribution in [3.05, 3.63) is 27.0 Å². The zero-order valence-electron chi connectivity index (χ0n) is 5.72. The molecule has 0 amide bonds. The summed E-state index contributed by atoms with van der Waals surface area (Å²) in [5.74, 6) is 0. The third-order valence-electron chi connectivity index (χ3n) is 1.16. The Morgan fingerprint density at radius 2 is 1.69 bits per heavy atom. The van der Waals surface area contributed by atoms with E-state index in [0.29, 0.717) is 0 Å². The molecule has 7 heteroatoms. The van der Waals surface area contributed by atoms with E-state index in [1.807, 2.05) is 6.20 Å². The quantitative estimate of drug-likeness (QED) is 0.636. The average molecular weight is 249 g/mol. The van der Waals surface area contributed by atoms with Crippen molar-refractivity contribution < 1.29 is 13.2 Å². The number of rotatable bonds is 0. The first kappa shape index (κ1) is 10.9. The van der Waals surface area contributed by atoms with Gasteiger partial charge in [-0.25, -0.2) is 4.98 Å². The molecule has 1 aromatic rings. The molecule has 1 aromatic heterocycles. The van der Waals surface area contributed by atoms with E-state index in [2.05, 4.69) is 4.98 Å². The second-order valence-electron chi connectivity index (χ2n) is 2.02. The van der Waals surface area contributed by atoms with E-state index in [1.54, 1.807) is 0 Å². The minimum Gasteiger partial charge on any atom is -0.231 e. The average Bonchev–Trinajstić information content (AvgIpc) is 1.95. The van der Waals surface area contributed by atoms with Crippen molar-refractivity contribution in [3.63, 3.8) is 0 Å². The van der Waals surface area contributed by atoms with Crippen LogP contribution >= 0.6 is 34.8 Å². The second kappa shape index (κ2) is 3.52. The zero-order valence-corrected chi connectivity index (χ0v) is 7.98. The lowest BCUT2D eigenvalue weighted by Crippen LogP contribution is -2.07. The first-order valence-electron chi connectivity index (χ1n) is 2.83. The molecule has 0 saturated heterocycles. The molecule has 0 N–H and O–H groups in total.